The quantitative estimate of drug-likeness (QED) is 0.0625. The number of allylic oxidation sites excluding steroid dienone is 1. The van der Waals surface area contributed by atoms with E-state index in [0.29, 0.717) is 25.9 Å². The Kier molecular flexibility index (Phi) is 14.4. The van der Waals surface area contributed by atoms with Gasteiger partial charge in [0.05, 0.1) is 12.9 Å². The molecule has 1 aromatic carbocycles. The van der Waals surface area contributed by atoms with Gasteiger partial charge in [0.2, 0.25) is 5.43 Å². The van der Waals surface area contributed by atoms with Crippen molar-refractivity contribution >= 4 is 31.4 Å². The highest BCUT2D eigenvalue weighted by Gasteiger charge is 2.34. The van der Waals surface area contributed by atoms with E-state index in [0.717, 1.165) is 37.3 Å². The summed E-state index contributed by atoms with van der Waals surface area (Å²) in [5.74, 6) is -0.621. The fraction of sp³-hybridized carbons (Fsp3) is 0.559. The molecule has 1 amide bonds. The van der Waals surface area contributed by atoms with Gasteiger partial charge in [-0.3, -0.25) is 19.7 Å². The summed E-state index contributed by atoms with van der Waals surface area (Å²) in [5.41, 5.74) is 0.580. The van der Waals surface area contributed by atoms with Crippen LogP contribution in [-0.4, -0.2) is 61.6 Å². The summed E-state index contributed by atoms with van der Waals surface area (Å²) < 4.78 is 11.8. The minimum atomic E-state index is -1.26. The number of hydrogen-bond acceptors (Lipinski definition) is 6. The first-order valence-electron chi connectivity index (χ1n) is 15.8. The van der Waals surface area contributed by atoms with Crippen LogP contribution >= 0.6 is 11.6 Å². The molecule has 2 N–H and O–H groups in total. The topological polar surface area (TPSA) is 101 Å². The predicted octanol–water partition coefficient (Wildman–Crippen LogP) is 6.59. The highest BCUT2D eigenvalue weighted by Crippen LogP contribution is 2.33. The molecule has 242 valence electrons. The zero-order chi connectivity index (χ0) is 32.1. The van der Waals surface area contributed by atoms with E-state index in [1.54, 1.807) is 18.0 Å². The van der Waals surface area contributed by atoms with E-state index >= 15 is 0 Å². The molecule has 0 spiro atoms. The number of benzene rings is 1. The number of Topliss-reactive ketones (excluding diaryl/α,β-unsaturated/α-hetero) is 1. The van der Waals surface area contributed by atoms with E-state index in [2.05, 4.69) is 36.5 Å². The second kappa shape index (κ2) is 17.7. The third-order valence-corrected chi connectivity index (χ3v) is 10.5. The van der Waals surface area contributed by atoms with Gasteiger partial charge < -0.3 is 19.4 Å². The Balaban J connectivity index is 1.77. The zero-order valence-corrected chi connectivity index (χ0v) is 28.5. The van der Waals surface area contributed by atoms with Crippen LogP contribution in [0, 0.1) is 11.8 Å². The number of halogens is 1. The van der Waals surface area contributed by atoms with Crippen LogP contribution in [0.1, 0.15) is 61.0 Å². The highest BCUT2D eigenvalue weighted by molar-refractivity contribution is 6.76. The molecule has 4 unspecified atom stereocenters. The highest BCUT2D eigenvalue weighted by atomic mass is 35.5. The number of rotatable bonds is 18. The normalized spacial score (nSPS) is 18.3. The minimum Gasteiger partial charge on any atom is -0.483 e. The van der Waals surface area contributed by atoms with Gasteiger partial charge in [-0.25, -0.2) is 0 Å². The van der Waals surface area contributed by atoms with Gasteiger partial charge in [0.1, 0.15) is 12.4 Å². The van der Waals surface area contributed by atoms with E-state index in [4.69, 9.17) is 21.1 Å². The van der Waals surface area contributed by atoms with Crippen LogP contribution in [0.2, 0.25) is 25.7 Å². The van der Waals surface area contributed by atoms with E-state index in [9.17, 15) is 14.4 Å². The van der Waals surface area contributed by atoms with Crippen molar-refractivity contribution < 1.29 is 19.1 Å². The summed E-state index contributed by atoms with van der Waals surface area (Å²) in [6.07, 6.45) is 8.14. The smallest absolute Gasteiger partial charge is 0.275 e. The predicted molar refractivity (Wildman–Crippen MR) is 180 cm³/mol. The molecule has 44 heavy (non-hydrogen) atoms. The van der Waals surface area contributed by atoms with Crippen molar-refractivity contribution in [2.75, 3.05) is 20.4 Å². The maximum Gasteiger partial charge on any atom is 0.275 e. The molecule has 0 aliphatic heterocycles. The average molecular weight is 644 g/mol. The van der Waals surface area contributed by atoms with Gasteiger partial charge in [0.15, 0.2) is 11.4 Å². The number of ketones is 1. The molecule has 3 rings (SSSR count). The number of pyridine rings is 1. The fourth-order valence-corrected chi connectivity index (χ4v) is 6.66. The zero-order valence-electron chi connectivity index (χ0n) is 26.8. The number of nitrogens with zero attached hydrogens (tertiary/aromatic N) is 1. The number of amides is 1. The SMILES string of the molecule is C=CCC(CCC(NCOCC[Si](C)(C)C)N(C)C(=O)c1[nH]ccc(=O)c1OCc1ccccc1)C(=O)C1CCCCC1Cl. The number of hydrogen-bond donors (Lipinski definition) is 2. The lowest BCUT2D eigenvalue weighted by Gasteiger charge is -2.32. The molecule has 1 aliphatic rings. The molecule has 2 aromatic rings. The number of aromatic nitrogens is 1. The number of H-pyrrole nitrogens is 1. The monoisotopic (exact) mass is 643 g/mol. The number of carbonyl (C=O) groups excluding carboxylic acids is 2. The van der Waals surface area contributed by atoms with Gasteiger partial charge in [-0.05, 0) is 43.7 Å². The van der Waals surface area contributed by atoms with Crippen molar-refractivity contribution in [1.82, 2.24) is 15.2 Å². The lowest BCUT2D eigenvalue weighted by molar-refractivity contribution is -0.127. The van der Waals surface area contributed by atoms with Gasteiger partial charge >= 0.3 is 0 Å². The van der Waals surface area contributed by atoms with Crippen molar-refractivity contribution in [3.8, 4) is 5.75 Å². The molecule has 1 heterocycles. The number of alkyl halides is 1. The first kappa shape index (κ1) is 35.8. The van der Waals surface area contributed by atoms with Crippen molar-refractivity contribution in [2.45, 2.75) is 88.8 Å². The van der Waals surface area contributed by atoms with E-state index in [-0.39, 0.29) is 53.2 Å². The van der Waals surface area contributed by atoms with Crippen molar-refractivity contribution in [3.05, 3.63) is 76.7 Å². The van der Waals surface area contributed by atoms with Crippen LogP contribution < -0.4 is 15.5 Å². The Labute approximate surface area is 268 Å². The van der Waals surface area contributed by atoms with Crippen molar-refractivity contribution in [2.24, 2.45) is 11.8 Å². The minimum absolute atomic E-state index is 0.0245. The van der Waals surface area contributed by atoms with E-state index in [1.807, 2.05) is 30.3 Å². The third kappa shape index (κ3) is 11.0. The van der Waals surface area contributed by atoms with Crippen LogP contribution in [0.4, 0.5) is 0 Å². The Morgan fingerprint density at radius 1 is 1.16 bits per heavy atom. The van der Waals surface area contributed by atoms with Crippen LogP contribution in [0.5, 0.6) is 5.75 Å². The molecule has 0 saturated heterocycles. The molecular weight excluding hydrogens is 594 g/mol. The number of ether oxygens (including phenoxy) is 2. The Bertz CT molecular complexity index is 1270. The summed E-state index contributed by atoms with van der Waals surface area (Å²) in [6.45, 7) is 11.8. The van der Waals surface area contributed by atoms with Gasteiger partial charge in [-0.15, -0.1) is 18.2 Å². The molecule has 10 heteroatoms. The molecular formula is C34H50ClN3O5Si. The summed E-state index contributed by atoms with van der Waals surface area (Å²) >= 11 is 6.60. The molecule has 0 bridgehead atoms. The molecule has 1 fully saturated rings. The Hall–Kier alpha value is -2.72. The number of carbonyl (C=O) groups is 2. The first-order valence-corrected chi connectivity index (χ1v) is 19.9. The lowest BCUT2D eigenvalue weighted by atomic mass is 9.79. The summed E-state index contributed by atoms with van der Waals surface area (Å²) in [7, 11) is 0.430. The van der Waals surface area contributed by atoms with E-state index in [1.165, 1.54) is 12.3 Å². The molecule has 1 saturated carbocycles. The second-order valence-corrected chi connectivity index (χ2v) is 19.1. The summed E-state index contributed by atoms with van der Waals surface area (Å²) in [6, 6.07) is 11.9. The summed E-state index contributed by atoms with van der Waals surface area (Å²) in [5, 5.41) is 3.24. The second-order valence-electron chi connectivity index (χ2n) is 12.9. The van der Waals surface area contributed by atoms with Gasteiger partial charge in [-0.2, -0.15) is 0 Å². The Morgan fingerprint density at radius 3 is 2.57 bits per heavy atom. The number of aromatic amines is 1. The molecule has 1 aromatic heterocycles. The van der Waals surface area contributed by atoms with Crippen LogP contribution in [0.25, 0.3) is 0 Å². The maximum absolute atomic E-state index is 13.9. The maximum atomic E-state index is 13.9. The van der Waals surface area contributed by atoms with Gasteiger partial charge in [-0.1, -0.05) is 68.9 Å². The fourth-order valence-electron chi connectivity index (χ4n) is 5.50. The van der Waals surface area contributed by atoms with Crippen LogP contribution in [0.3, 0.4) is 0 Å². The van der Waals surface area contributed by atoms with Gasteiger partial charge in [0.25, 0.3) is 5.91 Å². The van der Waals surface area contributed by atoms with E-state index < -0.39 is 20.1 Å². The van der Waals surface area contributed by atoms with Crippen LogP contribution in [0.15, 0.2) is 60.0 Å². The molecule has 4 atom stereocenters. The Morgan fingerprint density at radius 2 is 1.89 bits per heavy atom. The largest absolute Gasteiger partial charge is 0.483 e. The third-order valence-electron chi connectivity index (χ3n) is 8.25. The standard InChI is InChI=1S/C34H50ClN3O5Si/c1-6-12-26(32(40)27-15-10-11-16-28(27)35)17-18-30(37-24-42-21-22-44(3,4)5)38(2)34(41)31-33(29(39)19-20-36-31)43-23-25-13-8-7-9-14-25/h6-9,13-14,19-20,26-28,30,37H,1,10-12,15-18,21-24H2,2-5H3,(H,36,39). The number of nitrogens with one attached hydrogen (secondary N) is 2. The van der Waals surface area contributed by atoms with Crippen LogP contribution in [-0.2, 0) is 16.1 Å². The average Bonchev–Trinajstić information content (AvgIpc) is 3.00. The molecule has 1 aliphatic carbocycles. The van der Waals surface area contributed by atoms with Crippen molar-refractivity contribution in [1.29, 1.82) is 0 Å². The van der Waals surface area contributed by atoms with Crippen molar-refractivity contribution in [3.63, 3.8) is 0 Å². The van der Waals surface area contributed by atoms with Gasteiger partial charge in [0, 0.05) is 51.2 Å². The summed E-state index contributed by atoms with van der Waals surface area (Å²) in [4.78, 5) is 44.8. The molecule has 0 radical (unpaired) electrons. The lowest BCUT2D eigenvalue weighted by Crippen LogP contribution is -2.48. The first-order chi connectivity index (χ1) is 21.0. The molecule has 8 nitrogen and oxygen atoms in total.